The molecule has 0 spiro atoms. The zero-order chi connectivity index (χ0) is 14.1. The fourth-order valence-corrected chi connectivity index (χ4v) is 3.10. The van der Waals surface area contributed by atoms with Crippen LogP contribution >= 0.6 is 23.2 Å². The first kappa shape index (κ1) is 13.6. The lowest BCUT2D eigenvalue weighted by Crippen LogP contribution is -2.29. The van der Waals surface area contributed by atoms with E-state index in [2.05, 4.69) is 23.6 Å². The second-order valence-corrected chi connectivity index (χ2v) is 5.98. The van der Waals surface area contributed by atoms with Crippen molar-refractivity contribution in [3.63, 3.8) is 0 Å². The highest BCUT2D eigenvalue weighted by Gasteiger charge is 2.25. The number of hydrogen-bond acceptors (Lipinski definition) is 2. The smallest absolute Gasteiger partial charge is 0.0641 e. The quantitative estimate of drug-likeness (QED) is 0.781. The van der Waals surface area contributed by atoms with Crippen molar-refractivity contribution in [3.8, 4) is 0 Å². The third kappa shape index (κ3) is 2.58. The average Bonchev–Trinajstić information content (AvgIpc) is 2.42. The molecule has 0 saturated carbocycles. The molecule has 0 aromatic heterocycles. The van der Waals surface area contributed by atoms with Crippen molar-refractivity contribution < 1.29 is 0 Å². The monoisotopic (exact) mass is 306 g/mol. The summed E-state index contributed by atoms with van der Waals surface area (Å²) in [6.07, 6.45) is 0.985. The van der Waals surface area contributed by atoms with Crippen molar-refractivity contribution >= 4 is 34.6 Å². The number of nitrogens with one attached hydrogen (secondary N) is 2. The van der Waals surface area contributed by atoms with Gasteiger partial charge in [-0.25, -0.2) is 0 Å². The zero-order valence-electron chi connectivity index (χ0n) is 11.2. The van der Waals surface area contributed by atoms with Gasteiger partial charge in [0.15, 0.2) is 0 Å². The normalized spacial score (nSPS) is 20.9. The molecule has 0 saturated heterocycles. The molecule has 20 heavy (non-hydrogen) atoms. The Kier molecular flexibility index (Phi) is 3.77. The molecular formula is C16H16Cl2N2. The van der Waals surface area contributed by atoms with Gasteiger partial charge in [-0.1, -0.05) is 47.5 Å². The summed E-state index contributed by atoms with van der Waals surface area (Å²) >= 11 is 12.5. The predicted molar refractivity (Wildman–Crippen MR) is 87.0 cm³/mol. The number of halogens is 2. The first-order chi connectivity index (χ1) is 9.65. The Labute approximate surface area is 129 Å². The van der Waals surface area contributed by atoms with E-state index in [-0.39, 0.29) is 6.04 Å². The van der Waals surface area contributed by atoms with Crippen LogP contribution < -0.4 is 10.6 Å². The molecule has 104 valence electrons. The lowest BCUT2D eigenvalue weighted by atomic mass is 9.93. The van der Waals surface area contributed by atoms with Crippen LogP contribution in [0.15, 0.2) is 42.5 Å². The van der Waals surface area contributed by atoms with Crippen LogP contribution in [-0.4, -0.2) is 6.04 Å². The summed E-state index contributed by atoms with van der Waals surface area (Å²) in [6, 6.07) is 14.4. The molecule has 2 atom stereocenters. The fourth-order valence-electron chi connectivity index (χ4n) is 2.67. The summed E-state index contributed by atoms with van der Waals surface area (Å²) in [6.45, 7) is 2.16. The zero-order valence-corrected chi connectivity index (χ0v) is 12.7. The van der Waals surface area contributed by atoms with Gasteiger partial charge in [-0.15, -0.1) is 0 Å². The van der Waals surface area contributed by atoms with Crippen LogP contribution in [0.4, 0.5) is 11.4 Å². The molecule has 1 aliphatic rings. The Morgan fingerprint density at radius 1 is 1.05 bits per heavy atom. The summed E-state index contributed by atoms with van der Waals surface area (Å²) in [5, 5.41) is 8.49. The standard InChI is InChI=1S/C16H16Cl2N2/c1-10-9-15(20-14-8-3-2-6-12(14)17)11-5-4-7-13(18)16(11)19-10/h2-8,10,15,19-20H,9H2,1H3. The van der Waals surface area contributed by atoms with Gasteiger partial charge >= 0.3 is 0 Å². The third-order valence-electron chi connectivity index (χ3n) is 3.60. The minimum absolute atomic E-state index is 0.208. The van der Waals surface area contributed by atoms with E-state index in [9.17, 15) is 0 Å². The van der Waals surface area contributed by atoms with E-state index >= 15 is 0 Å². The molecule has 0 radical (unpaired) electrons. The van der Waals surface area contributed by atoms with Crippen molar-refractivity contribution in [1.82, 2.24) is 0 Å². The molecule has 2 N–H and O–H groups in total. The minimum atomic E-state index is 0.208. The largest absolute Gasteiger partial charge is 0.381 e. The maximum Gasteiger partial charge on any atom is 0.0641 e. The van der Waals surface area contributed by atoms with Crippen LogP contribution in [0.25, 0.3) is 0 Å². The van der Waals surface area contributed by atoms with Gasteiger partial charge in [0, 0.05) is 6.04 Å². The number of para-hydroxylation sites is 2. The molecule has 0 bridgehead atoms. The summed E-state index contributed by atoms with van der Waals surface area (Å²) < 4.78 is 0. The highest BCUT2D eigenvalue weighted by molar-refractivity contribution is 6.33. The molecule has 2 aromatic carbocycles. The predicted octanol–water partition coefficient (Wildman–Crippen LogP) is 5.35. The van der Waals surface area contributed by atoms with Crippen molar-refractivity contribution in [1.29, 1.82) is 0 Å². The van der Waals surface area contributed by atoms with Crippen molar-refractivity contribution in [2.45, 2.75) is 25.4 Å². The summed E-state index contributed by atoms with van der Waals surface area (Å²) in [5.74, 6) is 0. The Hall–Kier alpha value is -1.38. The molecule has 4 heteroatoms. The number of fused-ring (bicyclic) bond motifs is 1. The number of rotatable bonds is 2. The molecule has 3 rings (SSSR count). The molecular weight excluding hydrogens is 291 g/mol. The van der Waals surface area contributed by atoms with E-state index in [1.807, 2.05) is 36.4 Å². The van der Waals surface area contributed by atoms with Gasteiger partial charge in [0.25, 0.3) is 0 Å². The Bertz CT molecular complexity index is 628. The molecule has 1 aliphatic heterocycles. The molecule has 0 aliphatic carbocycles. The van der Waals surface area contributed by atoms with Crippen LogP contribution in [0.2, 0.25) is 10.0 Å². The van der Waals surface area contributed by atoms with Gasteiger partial charge in [0.2, 0.25) is 0 Å². The number of anilines is 2. The fraction of sp³-hybridized carbons (Fsp3) is 0.250. The van der Waals surface area contributed by atoms with Crippen LogP contribution in [-0.2, 0) is 0 Å². The van der Waals surface area contributed by atoms with Crippen LogP contribution in [0.3, 0.4) is 0 Å². The van der Waals surface area contributed by atoms with E-state index < -0.39 is 0 Å². The van der Waals surface area contributed by atoms with Gasteiger partial charge < -0.3 is 10.6 Å². The van der Waals surface area contributed by atoms with Crippen LogP contribution in [0, 0.1) is 0 Å². The Morgan fingerprint density at radius 2 is 1.80 bits per heavy atom. The van der Waals surface area contributed by atoms with Crippen molar-refractivity contribution in [2.75, 3.05) is 10.6 Å². The van der Waals surface area contributed by atoms with E-state index in [0.29, 0.717) is 6.04 Å². The molecule has 2 nitrogen and oxygen atoms in total. The second-order valence-electron chi connectivity index (χ2n) is 5.16. The molecule has 0 amide bonds. The minimum Gasteiger partial charge on any atom is -0.381 e. The van der Waals surface area contributed by atoms with Crippen molar-refractivity contribution in [2.24, 2.45) is 0 Å². The molecule has 2 unspecified atom stereocenters. The second kappa shape index (κ2) is 5.55. The van der Waals surface area contributed by atoms with Crippen LogP contribution in [0.1, 0.15) is 24.9 Å². The topological polar surface area (TPSA) is 24.1 Å². The highest BCUT2D eigenvalue weighted by Crippen LogP contribution is 2.39. The van der Waals surface area contributed by atoms with E-state index in [1.165, 1.54) is 5.56 Å². The van der Waals surface area contributed by atoms with Gasteiger partial charge in [0.1, 0.15) is 0 Å². The van der Waals surface area contributed by atoms with E-state index in [1.54, 1.807) is 0 Å². The Morgan fingerprint density at radius 3 is 2.60 bits per heavy atom. The van der Waals surface area contributed by atoms with Gasteiger partial charge in [0.05, 0.1) is 27.5 Å². The highest BCUT2D eigenvalue weighted by atomic mass is 35.5. The molecule has 0 fully saturated rings. The van der Waals surface area contributed by atoms with Crippen LogP contribution in [0.5, 0.6) is 0 Å². The number of hydrogen-bond donors (Lipinski definition) is 2. The molecule has 1 heterocycles. The SMILES string of the molecule is CC1CC(Nc2ccccc2Cl)c2cccc(Cl)c2N1. The third-order valence-corrected chi connectivity index (χ3v) is 4.25. The molecule has 2 aromatic rings. The maximum absolute atomic E-state index is 6.29. The lowest BCUT2D eigenvalue weighted by Gasteiger charge is -2.33. The summed E-state index contributed by atoms with van der Waals surface area (Å²) in [7, 11) is 0. The van der Waals surface area contributed by atoms with E-state index in [0.717, 1.165) is 27.8 Å². The maximum atomic E-state index is 6.29. The van der Waals surface area contributed by atoms with Gasteiger partial charge in [-0.2, -0.15) is 0 Å². The van der Waals surface area contributed by atoms with Gasteiger partial charge in [-0.05, 0) is 37.1 Å². The van der Waals surface area contributed by atoms with E-state index in [4.69, 9.17) is 23.2 Å². The number of benzene rings is 2. The van der Waals surface area contributed by atoms with Gasteiger partial charge in [-0.3, -0.25) is 0 Å². The Balaban J connectivity index is 1.96. The average molecular weight is 307 g/mol. The lowest BCUT2D eigenvalue weighted by molar-refractivity contribution is 0.600. The summed E-state index contributed by atoms with van der Waals surface area (Å²) in [4.78, 5) is 0. The van der Waals surface area contributed by atoms with Crippen molar-refractivity contribution in [3.05, 3.63) is 58.1 Å². The first-order valence-corrected chi connectivity index (χ1v) is 7.47. The first-order valence-electron chi connectivity index (χ1n) is 6.71. The summed E-state index contributed by atoms with van der Waals surface area (Å²) in [5.41, 5.74) is 3.17.